The third-order valence-electron chi connectivity index (χ3n) is 6.19. The Labute approximate surface area is 355 Å². The molecule has 0 aliphatic heterocycles. The molecule has 0 saturated carbocycles. The summed E-state index contributed by atoms with van der Waals surface area (Å²) in [4.78, 5) is 63.3. The molecule has 0 aliphatic carbocycles. The van der Waals surface area contributed by atoms with E-state index >= 15 is 0 Å². The molecule has 1 aromatic carbocycles. The van der Waals surface area contributed by atoms with Gasteiger partial charge in [-0.2, -0.15) is 20.3 Å². The number of pyridine rings is 2. The molecule has 0 fully saturated rings. The van der Waals surface area contributed by atoms with Gasteiger partial charge in [0.1, 0.15) is 40.1 Å². The number of carbonyl (C=O) groups excluding carboxylic acids is 4. The van der Waals surface area contributed by atoms with Crippen LogP contribution in [0.3, 0.4) is 0 Å². The first kappa shape index (κ1) is 47.6. The molecule has 60 heavy (non-hydrogen) atoms. The quantitative estimate of drug-likeness (QED) is 0.0123. The number of carbonyl (C=O) groups is 4. The molecule has 5 rings (SSSR count). The van der Waals surface area contributed by atoms with Gasteiger partial charge in [0.25, 0.3) is 17.5 Å². The van der Waals surface area contributed by atoms with Crippen molar-refractivity contribution in [1.29, 1.82) is 0 Å². The maximum absolute atomic E-state index is 11.8. The highest BCUT2D eigenvalue weighted by Crippen LogP contribution is 2.29. The second-order valence-electron chi connectivity index (χ2n) is 10.4. The van der Waals surface area contributed by atoms with Gasteiger partial charge in [-0.3, -0.25) is 29.9 Å². The molecule has 316 valence electrons. The number of aromatic nitrogens is 6. The molecule has 5 aromatic rings. The third kappa shape index (κ3) is 18.2. The molecule has 7 N–H and O–H groups in total. The number of primary amides is 2. The Morgan fingerprint density at radius 1 is 0.850 bits per heavy atom. The van der Waals surface area contributed by atoms with Crippen LogP contribution in [-0.4, -0.2) is 103 Å². The van der Waals surface area contributed by atoms with Gasteiger partial charge in [-0.15, -0.1) is 5.11 Å². The lowest BCUT2D eigenvalue weighted by atomic mass is 10.3. The topological polar surface area (TPSA) is 339 Å². The highest BCUT2D eigenvalue weighted by atomic mass is 33.1. The van der Waals surface area contributed by atoms with Gasteiger partial charge in [0.15, 0.2) is 11.6 Å². The first-order valence-electron chi connectivity index (χ1n) is 16.5. The van der Waals surface area contributed by atoms with E-state index in [2.05, 4.69) is 56.5 Å². The molecule has 3 amide bonds. The van der Waals surface area contributed by atoms with Gasteiger partial charge >= 0.3 is 12.2 Å². The third-order valence-corrected chi connectivity index (χ3v) is 10.6. The van der Waals surface area contributed by atoms with Crippen LogP contribution in [0, 0.1) is 10.1 Å². The molecule has 4 heterocycles. The minimum absolute atomic E-state index is 0.0643. The van der Waals surface area contributed by atoms with Gasteiger partial charge in [0, 0.05) is 43.1 Å². The van der Waals surface area contributed by atoms with Gasteiger partial charge in [-0.1, -0.05) is 44.2 Å². The fraction of sp³-hybridized carbons (Fsp3) is 0.188. The number of amides is 3. The van der Waals surface area contributed by atoms with Crippen LogP contribution in [0.5, 0.6) is 5.75 Å². The summed E-state index contributed by atoms with van der Waals surface area (Å²) in [5, 5.41) is 39.6. The molecule has 0 radical (unpaired) electrons. The van der Waals surface area contributed by atoms with Crippen LogP contribution < -0.4 is 21.6 Å². The maximum Gasteiger partial charge on any atom is 0.513 e. The monoisotopic (exact) mass is 901 g/mol. The van der Waals surface area contributed by atoms with Gasteiger partial charge in [-0.05, 0) is 58.0 Å². The molecule has 0 spiro atoms. The number of ether oxygens (including phenoxy) is 3. The maximum atomic E-state index is 11.8. The van der Waals surface area contributed by atoms with Crippen molar-refractivity contribution >= 4 is 84.6 Å². The molecular formula is C32H35N15O9S4. The van der Waals surface area contributed by atoms with E-state index in [4.69, 9.17) is 25.7 Å². The van der Waals surface area contributed by atoms with E-state index in [0.717, 1.165) is 15.1 Å². The summed E-state index contributed by atoms with van der Waals surface area (Å²) in [6.07, 6.45) is 4.45. The lowest BCUT2D eigenvalue weighted by molar-refractivity contribution is -0.384. The molecule has 0 bridgehead atoms. The number of non-ortho nitro benzene ring substituents is 1. The van der Waals surface area contributed by atoms with Crippen LogP contribution >= 0.6 is 43.2 Å². The molecule has 28 heteroatoms. The number of nitrogens with one attached hydrogen (secondary N) is 3. The minimum atomic E-state index is -0.845. The molecule has 0 saturated heterocycles. The highest BCUT2D eigenvalue weighted by molar-refractivity contribution is 8.77. The normalized spacial score (nSPS) is 10.4. The van der Waals surface area contributed by atoms with E-state index < -0.39 is 29.0 Å². The number of benzene rings is 1. The Hall–Kier alpha value is -6.78. The number of nitro groups is 1. The molecular weight excluding hydrogens is 867 g/mol. The molecule has 24 nitrogen and oxygen atoms in total. The number of nitrogens with zero attached hydrogens (tertiary/aromatic N) is 10. The minimum Gasteiger partial charge on any atom is -0.447 e. The van der Waals surface area contributed by atoms with E-state index in [9.17, 15) is 29.3 Å². The largest absolute Gasteiger partial charge is 0.513 e. The number of hydrogen-bond acceptors (Lipinski definition) is 21. The predicted octanol–water partition coefficient (Wildman–Crippen LogP) is 6.27. The first-order chi connectivity index (χ1) is 29.0. The Balaban J connectivity index is 0.000000254. The van der Waals surface area contributed by atoms with Crippen LogP contribution in [-0.2, 0) is 9.47 Å². The lowest BCUT2D eigenvalue weighted by Crippen LogP contribution is -2.22. The van der Waals surface area contributed by atoms with Crippen LogP contribution in [0.25, 0.3) is 0 Å². The van der Waals surface area contributed by atoms with Gasteiger partial charge in [0.2, 0.25) is 0 Å². The van der Waals surface area contributed by atoms with Gasteiger partial charge < -0.3 is 25.7 Å². The van der Waals surface area contributed by atoms with Crippen molar-refractivity contribution in [3.8, 4) is 5.75 Å². The SMILES string of the molecule is CN(N=Nc1[nH]ncc1C(N)=O)C(=O)OCCSSc1ccccn1.CN=NNc1[nH]ncc1C(N)=O.O=C(OCCSSc1ccccn1)Oc1ccc([N+](=O)[O-])cc1. The van der Waals surface area contributed by atoms with Crippen molar-refractivity contribution < 1.29 is 38.3 Å². The molecule has 0 unspecified atom stereocenters. The number of nitrogens with two attached hydrogens (primary N) is 2. The van der Waals surface area contributed by atoms with Gasteiger partial charge in [-0.25, -0.2) is 25.0 Å². The Morgan fingerprint density at radius 3 is 1.98 bits per heavy atom. The zero-order valence-corrected chi connectivity index (χ0v) is 34.6. The van der Waals surface area contributed by atoms with Crippen molar-refractivity contribution in [2.45, 2.75) is 10.1 Å². The van der Waals surface area contributed by atoms with Crippen LogP contribution in [0.15, 0.2) is 116 Å². The predicted molar refractivity (Wildman–Crippen MR) is 222 cm³/mol. The Morgan fingerprint density at radius 2 is 1.43 bits per heavy atom. The summed E-state index contributed by atoms with van der Waals surface area (Å²) in [5.74, 6) is 0.493. The van der Waals surface area contributed by atoms with E-state index in [1.165, 1.54) is 93.9 Å². The number of nitro benzene ring substituents is 1. The van der Waals surface area contributed by atoms with Crippen molar-refractivity contribution in [3.05, 3.63) is 107 Å². The van der Waals surface area contributed by atoms with Gasteiger partial charge in [0.05, 0.1) is 24.4 Å². The van der Waals surface area contributed by atoms with Crippen LogP contribution in [0.1, 0.15) is 20.7 Å². The summed E-state index contributed by atoms with van der Waals surface area (Å²) >= 11 is 0. The average molecular weight is 902 g/mol. The highest BCUT2D eigenvalue weighted by Gasteiger charge is 2.13. The fourth-order valence-electron chi connectivity index (χ4n) is 3.52. The van der Waals surface area contributed by atoms with E-state index in [1.54, 1.807) is 12.4 Å². The van der Waals surface area contributed by atoms with E-state index in [-0.39, 0.29) is 41.6 Å². The summed E-state index contributed by atoms with van der Waals surface area (Å²) in [6, 6.07) is 16.4. The molecule has 0 aliphatic rings. The number of H-pyrrole nitrogens is 2. The smallest absolute Gasteiger partial charge is 0.447 e. The zero-order chi connectivity index (χ0) is 43.5. The van der Waals surface area contributed by atoms with Crippen molar-refractivity contribution in [3.63, 3.8) is 0 Å². The standard InChI is InChI=1S/C14H12N2O5S2.C13H15N7O3S2.C5H8N6O/c17-14(21-12-6-4-11(5-7-12)16(18)19)20-9-10-22-23-13-3-1-2-8-15-13;1-20(19-18-12-9(11(14)21)8-16-17-12)13(22)23-6-7-24-25-10-4-2-3-5-15-10;1-7-11-10-5-3(4(6)12)2-8-9-5/h1-8H,9-10H2;2-5,8H,6-7H2,1H3,(H2,14,21)(H,16,17);2H,1H3,(H2,6,12)(H2,7,8,9,10). The average Bonchev–Trinajstić information content (AvgIpc) is 3.94. The summed E-state index contributed by atoms with van der Waals surface area (Å²) in [7, 11) is 8.88. The second kappa shape index (κ2) is 27.0. The zero-order valence-electron chi connectivity index (χ0n) is 31.3. The number of anilines is 1. The van der Waals surface area contributed by atoms with Crippen LogP contribution in [0.2, 0.25) is 0 Å². The summed E-state index contributed by atoms with van der Waals surface area (Å²) < 4.78 is 14.9. The summed E-state index contributed by atoms with van der Waals surface area (Å²) in [6.45, 7) is 0.399. The molecule has 4 aromatic heterocycles. The first-order valence-corrected chi connectivity index (χ1v) is 21.2. The van der Waals surface area contributed by atoms with Crippen molar-refractivity contribution in [1.82, 2.24) is 35.4 Å². The number of rotatable bonds is 18. The lowest BCUT2D eigenvalue weighted by Gasteiger charge is -2.09. The molecule has 0 atom stereocenters. The number of hydrogen-bond donors (Lipinski definition) is 5. The second-order valence-corrected chi connectivity index (χ2v) is 15.2. The van der Waals surface area contributed by atoms with Crippen LogP contribution in [0.4, 0.5) is 26.9 Å². The Kier molecular flexibility index (Phi) is 21.4. The Bertz CT molecular complexity index is 2160. The fourth-order valence-corrected chi connectivity index (χ4v) is 6.93. The van der Waals surface area contributed by atoms with E-state index in [1.807, 2.05) is 36.4 Å². The van der Waals surface area contributed by atoms with Crippen molar-refractivity contribution in [2.75, 3.05) is 44.2 Å². The van der Waals surface area contributed by atoms with Crippen molar-refractivity contribution in [2.24, 2.45) is 32.1 Å². The van der Waals surface area contributed by atoms with E-state index in [0.29, 0.717) is 17.3 Å². The summed E-state index contributed by atoms with van der Waals surface area (Å²) in [5.41, 5.74) is 12.9. The number of aromatic amines is 2.